The molecule has 194 valence electrons. The largest absolute Gasteiger partial charge is 0.488 e. The van der Waals surface area contributed by atoms with Gasteiger partial charge in [0, 0.05) is 17.1 Å². The first-order chi connectivity index (χ1) is 19.7. The van der Waals surface area contributed by atoms with Crippen LogP contribution in [0.4, 0.5) is 17.1 Å². The van der Waals surface area contributed by atoms with Gasteiger partial charge in [-0.25, -0.2) is 0 Å². The third-order valence-corrected chi connectivity index (χ3v) is 7.47. The van der Waals surface area contributed by atoms with Crippen molar-refractivity contribution in [2.24, 2.45) is 0 Å². The van der Waals surface area contributed by atoms with Gasteiger partial charge in [0.15, 0.2) is 0 Å². The second kappa shape index (κ2) is 11.6. The molecule has 1 aliphatic rings. The molecule has 0 saturated heterocycles. The predicted molar refractivity (Wildman–Crippen MR) is 168 cm³/mol. The Bertz CT molecular complexity index is 1620. The van der Waals surface area contributed by atoms with Gasteiger partial charge in [0.25, 0.3) is 0 Å². The summed E-state index contributed by atoms with van der Waals surface area (Å²) in [5, 5.41) is 19.2. The van der Waals surface area contributed by atoms with Gasteiger partial charge in [-0.1, -0.05) is 109 Å². The van der Waals surface area contributed by atoms with E-state index < -0.39 is 7.12 Å². The fourth-order valence-electron chi connectivity index (χ4n) is 5.27. The maximum atomic E-state index is 9.59. The zero-order valence-corrected chi connectivity index (χ0v) is 22.2. The predicted octanol–water partition coefficient (Wildman–Crippen LogP) is 7.76. The summed E-state index contributed by atoms with van der Waals surface area (Å²) in [5.41, 5.74) is 11.0. The molecule has 0 heterocycles. The van der Waals surface area contributed by atoms with Gasteiger partial charge in [-0.3, -0.25) is 0 Å². The third kappa shape index (κ3) is 5.55. The van der Waals surface area contributed by atoms with Crippen molar-refractivity contribution >= 4 is 40.8 Å². The van der Waals surface area contributed by atoms with E-state index in [0.717, 1.165) is 35.5 Å². The van der Waals surface area contributed by atoms with Crippen molar-refractivity contribution < 1.29 is 10.0 Å². The number of benzene rings is 5. The van der Waals surface area contributed by atoms with Gasteiger partial charge in [0.05, 0.1) is 0 Å². The van der Waals surface area contributed by atoms with Crippen molar-refractivity contribution in [1.82, 2.24) is 0 Å². The molecular formula is C36H30BNO2. The minimum Gasteiger partial charge on any atom is -0.423 e. The van der Waals surface area contributed by atoms with Crippen LogP contribution in [0, 0.1) is 0 Å². The van der Waals surface area contributed by atoms with Crippen molar-refractivity contribution in [2.45, 2.75) is 12.8 Å². The fourth-order valence-corrected chi connectivity index (χ4v) is 5.27. The van der Waals surface area contributed by atoms with Gasteiger partial charge in [-0.05, 0) is 88.1 Å². The molecule has 0 atom stereocenters. The molecule has 0 radical (unpaired) electrons. The summed E-state index contributed by atoms with van der Waals surface area (Å²) in [6.07, 6.45) is 6.54. The van der Waals surface area contributed by atoms with Crippen LogP contribution in [0.5, 0.6) is 0 Å². The van der Waals surface area contributed by atoms with E-state index in [-0.39, 0.29) is 0 Å². The Labute approximate surface area is 236 Å². The summed E-state index contributed by atoms with van der Waals surface area (Å²) in [5.74, 6) is 0. The number of rotatable bonds is 7. The summed E-state index contributed by atoms with van der Waals surface area (Å²) in [6.45, 7) is 0. The van der Waals surface area contributed by atoms with Crippen LogP contribution >= 0.6 is 0 Å². The Balaban J connectivity index is 1.31. The van der Waals surface area contributed by atoms with E-state index in [1.807, 2.05) is 30.3 Å². The van der Waals surface area contributed by atoms with E-state index in [0.29, 0.717) is 5.46 Å². The molecule has 4 heteroatoms. The number of nitrogens with zero attached hydrogens (tertiary/aromatic N) is 1. The van der Waals surface area contributed by atoms with E-state index in [4.69, 9.17) is 0 Å². The van der Waals surface area contributed by atoms with Crippen LogP contribution in [0.25, 0.3) is 22.3 Å². The van der Waals surface area contributed by atoms with Gasteiger partial charge < -0.3 is 14.9 Å². The van der Waals surface area contributed by atoms with Gasteiger partial charge >= 0.3 is 7.12 Å². The van der Waals surface area contributed by atoms with Crippen LogP contribution in [0.2, 0.25) is 0 Å². The van der Waals surface area contributed by atoms with Crippen LogP contribution in [-0.4, -0.2) is 17.2 Å². The first kappa shape index (κ1) is 25.6. The first-order valence-corrected chi connectivity index (χ1v) is 13.6. The van der Waals surface area contributed by atoms with Gasteiger partial charge in [-0.2, -0.15) is 0 Å². The van der Waals surface area contributed by atoms with Crippen molar-refractivity contribution in [3.8, 4) is 11.1 Å². The highest BCUT2D eigenvalue weighted by Crippen LogP contribution is 2.37. The van der Waals surface area contributed by atoms with E-state index in [1.165, 1.54) is 27.8 Å². The topological polar surface area (TPSA) is 43.7 Å². The van der Waals surface area contributed by atoms with Crippen LogP contribution in [0.15, 0.2) is 146 Å². The van der Waals surface area contributed by atoms with Crippen molar-refractivity contribution in [1.29, 1.82) is 0 Å². The molecule has 6 rings (SSSR count). The smallest absolute Gasteiger partial charge is 0.423 e. The monoisotopic (exact) mass is 519 g/mol. The minimum atomic E-state index is -1.49. The van der Waals surface area contributed by atoms with Crippen LogP contribution in [0.1, 0.15) is 24.0 Å². The van der Waals surface area contributed by atoms with Crippen molar-refractivity contribution in [3.05, 3.63) is 157 Å². The summed E-state index contributed by atoms with van der Waals surface area (Å²) >= 11 is 0. The molecular weight excluding hydrogens is 489 g/mol. The second-order valence-corrected chi connectivity index (χ2v) is 10.0. The maximum absolute atomic E-state index is 9.59. The molecule has 0 fully saturated rings. The quantitative estimate of drug-likeness (QED) is 0.216. The lowest BCUT2D eigenvalue weighted by atomic mass is 9.80. The average Bonchev–Trinajstić information content (AvgIpc) is 3.03. The Hall–Kier alpha value is -4.64. The number of hydrogen-bond acceptors (Lipinski definition) is 3. The second-order valence-electron chi connectivity index (χ2n) is 10.0. The zero-order chi connectivity index (χ0) is 27.3. The lowest BCUT2D eigenvalue weighted by Crippen LogP contribution is -2.29. The number of allylic oxidation sites excluding steroid dienone is 4. The Morgan fingerprint density at radius 3 is 1.25 bits per heavy atom. The molecule has 0 spiro atoms. The molecule has 5 aromatic carbocycles. The van der Waals surface area contributed by atoms with Crippen molar-refractivity contribution in [2.75, 3.05) is 4.90 Å². The molecule has 40 heavy (non-hydrogen) atoms. The van der Waals surface area contributed by atoms with E-state index in [1.54, 1.807) is 12.1 Å². The highest BCUT2D eigenvalue weighted by atomic mass is 16.4. The summed E-state index contributed by atoms with van der Waals surface area (Å²) in [6, 6.07) is 45.5. The van der Waals surface area contributed by atoms with E-state index >= 15 is 0 Å². The molecule has 1 aliphatic carbocycles. The maximum Gasteiger partial charge on any atom is 0.488 e. The van der Waals surface area contributed by atoms with Crippen LogP contribution in [-0.2, 0) is 0 Å². The molecule has 0 saturated carbocycles. The number of anilines is 3. The molecule has 3 nitrogen and oxygen atoms in total. The van der Waals surface area contributed by atoms with Crippen LogP contribution in [0.3, 0.4) is 0 Å². The minimum absolute atomic E-state index is 0.464. The Morgan fingerprint density at radius 2 is 0.800 bits per heavy atom. The van der Waals surface area contributed by atoms with E-state index in [9.17, 15) is 10.0 Å². The normalized spacial score (nSPS) is 12.8. The molecule has 0 bridgehead atoms. The summed E-state index contributed by atoms with van der Waals surface area (Å²) in [7, 11) is -1.49. The molecule has 0 aromatic heterocycles. The highest BCUT2D eigenvalue weighted by molar-refractivity contribution is 6.58. The number of hydrogen-bond donors (Lipinski definition) is 2. The van der Waals surface area contributed by atoms with Gasteiger partial charge in [-0.15, -0.1) is 0 Å². The molecule has 5 aromatic rings. The van der Waals surface area contributed by atoms with Gasteiger partial charge in [0.2, 0.25) is 0 Å². The fraction of sp³-hybridized carbons (Fsp3) is 0.0556. The standard InChI is InChI=1S/C36H30BNO2/c39-37(40)33-19-25-36(26-20-33)38(34-21-15-31(16-22-34)28-9-5-2-6-10-28)35-23-17-32(18-24-35)30-13-11-29(12-14-30)27-7-3-1-4-8-27/h1-11,13,15-26,39-40H,12,14H2. The Kier molecular flexibility index (Phi) is 7.45. The first-order valence-electron chi connectivity index (χ1n) is 13.6. The molecule has 0 aliphatic heterocycles. The van der Waals surface area contributed by atoms with Crippen LogP contribution < -0.4 is 10.4 Å². The zero-order valence-electron chi connectivity index (χ0n) is 22.2. The highest BCUT2D eigenvalue weighted by Gasteiger charge is 2.16. The van der Waals surface area contributed by atoms with Crippen molar-refractivity contribution in [3.63, 3.8) is 0 Å². The third-order valence-electron chi connectivity index (χ3n) is 7.47. The molecule has 2 N–H and O–H groups in total. The lowest BCUT2D eigenvalue weighted by molar-refractivity contribution is 0.426. The summed E-state index contributed by atoms with van der Waals surface area (Å²) < 4.78 is 0. The SMILES string of the molecule is OB(O)c1ccc(N(c2ccc(C3=CC=C(c4ccccc4)CC3)cc2)c2ccc(-c3ccccc3)cc2)cc1. The van der Waals surface area contributed by atoms with Gasteiger partial charge in [0.1, 0.15) is 0 Å². The summed E-state index contributed by atoms with van der Waals surface area (Å²) in [4.78, 5) is 2.19. The Morgan fingerprint density at radius 1 is 0.425 bits per heavy atom. The lowest BCUT2D eigenvalue weighted by Gasteiger charge is -2.26. The molecule has 0 unspecified atom stereocenters. The van der Waals surface area contributed by atoms with E-state index in [2.05, 4.69) is 108 Å². The average molecular weight is 519 g/mol. The molecule has 0 amide bonds.